The number of carbonyl (C=O) groups excluding carboxylic acids is 1. The molecule has 1 saturated heterocycles. The summed E-state index contributed by atoms with van der Waals surface area (Å²) in [5.74, 6) is 0.649. The fourth-order valence-corrected chi connectivity index (χ4v) is 3.04. The van der Waals surface area contributed by atoms with Gasteiger partial charge in [-0.2, -0.15) is 0 Å². The second-order valence-electron chi connectivity index (χ2n) is 5.70. The van der Waals surface area contributed by atoms with E-state index in [2.05, 4.69) is 32.8 Å². The van der Waals surface area contributed by atoms with E-state index in [1.165, 1.54) is 7.11 Å². The molecule has 0 aromatic heterocycles. The van der Waals surface area contributed by atoms with Gasteiger partial charge in [0.1, 0.15) is 0 Å². The third kappa shape index (κ3) is 3.69. The molecule has 1 aliphatic heterocycles. The fraction of sp³-hybridized carbons (Fsp3) is 0.929. The summed E-state index contributed by atoms with van der Waals surface area (Å²) in [5, 5.41) is 0. The molecule has 2 unspecified atom stereocenters. The highest BCUT2D eigenvalue weighted by molar-refractivity contribution is 5.73. The van der Waals surface area contributed by atoms with Gasteiger partial charge in [0.05, 0.1) is 13.0 Å². The number of rotatable bonds is 5. The van der Waals surface area contributed by atoms with Crippen molar-refractivity contribution in [2.45, 2.75) is 32.7 Å². The highest BCUT2D eigenvalue weighted by Crippen LogP contribution is 2.31. The van der Waals surface area contributed by atoms with E-state index in [1.54, 1.807) is 0 Å². The molecule has 0 radical (unpaired) electrons. The zero-order valence-electron chi connectivity index (χ0n) is 12.3. The molecule has 0 spiro atoms. The van der Waals surface area contributed by atoms with Crippen LogP contribution in [0.4, 0.5) is 0 Å². The Hall–Kier alpha value is -0.610. The molecule has 0 bridgehead atoms. The van der Waals surface area contributed by atoms with Crippen molar-refractivity contribution in [3.63, 3.8) is 0 Å². The van der Waals surface area contributed by atoms with Crippen molar-refractivity contribution in [2.24, 2.45) is 17.8 Å². The van der Waals surface area contributed by atoms with Crippen LogP contribution in [0.1, 0.15) is 26.7 Å². The van der Waals surface area contributed by atoms with Crippen molar-refractivity contribution >= 4 is 5.97 Å². The lowest BCUT2D eigenvalue weighted by molar-refractivity contribution is -0.151. The molecule has 4 nitrogen and oxygen atoms in total. The molecule has 0 aromatic carbocycles. The first-order chi connectivity index (χ1) is 8.49. The van der Waals surface area contributed by atoms with Crippen LogP contribution in [0.5, 0.6) is 0 Å². The fourth-order valence-electron chi connectivity index (χ4n) is 3.04. The SMILES string of the molecule is COC(=O)C(C(C)C)C(C1CCOCC1)N(C)C. The molecule has 1 heterocycles. The van der Waals surface area contributed by atoms with Crippen LogP contribution >= 0.6 is 0 Å². The first-order valence-corrected chi connectivity index (χ1v) is 6.81. The molecule has 0 N–H and O–H groups in total. The molecule has 4 heteroatoms. The molecular weight excluding hydrogens is 230 g/mol. The van der Waals surface area contributed by atoms with Gasteiger partial charge >= 0.3 is 5.97 Å². The minimum absolute atomic E-state index is 0.0619. The molecule has 0 amide bonds. The Bertz CT molecular complexity index is 260. The van der Waals surface area contributed by atoms with E-state index in [1.807, 2.05) is 0 Å². The summed E-state index contributed by atoms with van der Waals surface area (Å²) >= 11 is 0. The molecule has 1 rings (SSSR count). The third-order valence-corrected chi connectivity index (χ3v) is 3.90. The summed E-state index contributed by atoms with van der Waals surface area (Å²) in [6, 6.07) is 0.237. The topological polar surface area (TPSA) is 38.8 Å². The van der Waals surface area contributed by atoms with Crippen molar-refractivity contribution in [3.05, 3.63) is 0 Å². The number of carbonyl (C=O) groups is 1. The monoisotopic (exact) mass is 257 g/mol. The Morgan fingerprint density at radius 3 is 2.22 bits per heavy atom. The second-order valence-corrected chi connectivity index (χ2v) is 5.70. The molecule has 1 aliphatic rings. The Morgan fingerprint density at radius 2 is 1.83 bits per heavy atom. The van der Waals surface area contributed by atoms with E-state index in [-0.39, 0.29) is 23.8 Å². The van der Waals surface area contributed by atoms with Crippen LogP contribution in [0.2, 0.25) is 0 Å². The zero-order valence-corrected chi connectivity index (χ0v) is 12.3. The highest BCUT2D eigenvalue weighted by Gasteiger charge is 2.38. The van der Waals surface area contributed by atoms with E-state index in [9.17, 15) is 4.79 Å². The van der Waals surface area contributed by atoms with E-state index in [4.69, 9.17) is 9.47 Å². The van der Waals surface area contributed by atoms with Crippen LogP contribution in [-0.4, -0.2) is 51.3 Å². The lowest BCUT2D eigenvalue weighted by atomic mass is 9.77. The van der Waals surface area contributed by atoms with Crippen LogP contribution < -0.4 is 0 Å². The van der Waals surface area contributed by atoms with Crippen LogP contribution in [0, 0.1) is 17.8 Å². The average Bonchev–Trinajstić information content (AvgIpc) is 2.35. The van der Waals surface area contributed by atoms with E-state index in [0.717, 1.165) is 26.1 Å². The Balaban J connectivity index is 2.88. The summed E-state index contributed by atoms with van der Waals surface area (Å²) < 4.78 is 10.4. The Kier molecular flexibility index (Phi) is 6.09. The van der Waals surface area contributed by atoms with Crippen molar-refractivity contribution in [1.82, 2.24) is 4.90 Å². The molecule has 2 atom stereocenters. The second kappa shape index (κ2) is 7.10. The maximum Gasteiger partial charge on any atom is 0.310 e. The van der Waals surface area contributed by atoms with E-state index < -0.39 is 0 Å². The predicted molar refractivity (Wildman–Crippen MR) is 71.4 cm³/mol. The van der Waals surface area contributed by atoms with Gasteiger partial charge in [0.2, 0.25) is 0 Å². The van der Waals surface area contributed by atoms with Gasteiger partial charge < -0.3 is 14.4 Å². The molecular formula is C14H27NO3. The van der Waals surface area contributed by atoms with Gasteiger partial charge in [0.15, 0.2) is 0 Å². The Morgan fingerprint density at radius 1 is 1.28 bits per heavy atom. The van der Waals surface area contributed by atoms with Gasteiger partial charge in [0, 0.05) is 19.3 Å². The predicted octanol–water partition coefficient (Wildman–Crippen LogP) is 1.79. The Labute approximate surface area is 111 Å². The van der Waals surface area contributed by atoms with Crippen LogP contribution in [0.15, 0.2) is 0 Å². The van der Waals surface area contributed by atoms with Crippen LogP contribution in [-0.2, 0) is 14.3 Å². The molecule has 1 fully saturated rings. The largest absolute Gasteiger partial charge is 0.469 e. The van der Waals surface area contributed by atoms with E-state index in [0.29, 0.717) is 5.92 Å². The molecule has 18 heavy (non-hydrogen) atoms. The van der Waals surface area contributed by atoms with Crippen LogP contribution in [0.3, 0.4) is 0 Å². The maximum atomic E-state index is 12.1. The molecule has 106 valence electrons. The van der Waals surface area contributed by atoms with Gasteiger partial charge in [-0.3, -0.25) is 4.79 Å². The van der Waals surface area contributed by atoms with Crippen molar-refractivity contribution < 1.29 is 14.3 Å². The van der Waals surface area contributed by atoms with Crippen LogP contribution in [0.25, 0.3) is 0 Å². The van der Waals surface area contributed by atoms with Gasteiger partial charge in [-0.1, -0.05) is 13.8 Å². The minimum atomic E-state index is -0.0878. The van der Waals surface area contributed by atoms with Gasteiger partial charge in [-0.05, 0) is 38.8 Å². The maximum absolute atomic E-state index is 12.1. The number of hydrogen-bond donors (Lipinski definition) is 0. The molecule has 0 saturated carbocycles. The van der Waals surface area contributed by atoms with Crippen molar-refractivity contribution in [1.29, 1.82) is 0 Å². The van der Waals surface area contributed by atoms with Gasteiger partial charge in [0.25, 0.3) is 0 Å². The number of nitrogens with zero attached hydrogens (tertiary/aromatic N) is 1. The summed E-state index contributed by atoms with van der Waals surface area (Å²) in [6.07, 6.45) is 2.06. The van der Waals surface area contributed by atoms with Gasteiger partial charge in [-0.25, -0.2) is 0 Å². The lowest BCUT2D eigenvalue weighted by Crippen LogP contribution is -2.48. The summed E-state index contributed by atoms with van der Waals surface area (Å²) in [5.41, 5.74) is 0. The standard InChI is InChI=1S/C14H27NO3/c1-10(2)12(14(16)17-5)13(15(3)4)11-6-8-18-9-7-11/h10-13H,6-9H2,1-5H3. The summed E-state index contributed by atoms with van der Waals surface area (Å²) in [6.45, 7) is 5.80. The average molecular weight is 257 g/mol. The smallest absolute Gasteiger partial charge is 0.310 e. The zero-order chi connectivity index (χ0) is 13.7. The lowest BCUT2D eigenvalue weighted by Gasteiger charge is -2.40. The number of methoxy groups -OCH3 is 1. The molecule has 0 aliphatic carbocycles. The first kappa shape index (κ1) is 15.4. The number of hydrogen-bond acceptors (Lipinski definition) is 4. The number of ether oxygens (including phenoxy) is 2. The highest BCUT2D eigenvalue weighted by atomic mass is 16.5. The summed E-state index contributed by atoms with van der Waals surface area (Å²) in [4.78, 5) is 14.2. The minimum Gasteiger partial charge on any atom is -0.469 e. The van der Waals surface area contributed by atoms with Crippen molar-refractivity contribution in [3.8, 4) is 0 Å². The van der Waals surface area contributed by atoms with Crippen molar-refractivity contribution in [2.75, 3.05) is 34.4 Å². The molecule has 0 aromatic rings. The number of esters is 1. The normalized spacial score (nSPS) is 21.1. The quantitative estimate of drug-likeness (QED) is 0.704. The summed E-state index contributed by atoms with van der Waals surface area (Å²) in [7, 11) is 5.59. The van der Waals surface area contributed by atoms with E-state index >= 15 is 0 Å². The third-order valence-electron chi connectivity index (χ3n) is 3.90. The first-order valence-electron chi connectivity index (χ1n) is 6.81. The van der Waals surface area contributed by atoms with Gasteiger partial charge in [-0.15, -0.1) is 0 Å².